The van der Waals surface area contributed by atoms with Crippen LogP contribution in [0.5, 0.6) is 5.75 Å². The van der Waals surface area contributed by atoms with Gasteiger partial charge in [-0.05, 0) is 49.6 Å². The van der Waals surface area contributed by atoms with Crippen molar-refractivity contribution in [2.45, 2.75) is 26.3 Å². The summed E-state index contributed by atoms with van der Waals surface area (Å²) in [6, 6.07) is 16.6. The van der Waals surface area contributed by atoms with E-state index < -0.39 is 0 Å². The number of amides is 1. The summed E-state index contributed by atoms with van der Waals surface area (Å²) in [5, 5.41) is 2.94. The second-order valence-electron chi connectivity index (χ2n) is 6.32. The molecule has 1 amide bonds. The smallest absolute Gasteiger partial charge is 0.239 e. The summed E-state index contributed by atoms with van der Waals surface area (Å²) in [4.78, 5) is 14.4. The van der Waals surface area contributed by atoms with Crippen LogP contribution in [0.2, 0.25) is 0 Å². The molecule has 126 valence electrons. The number of benzene rings is 2. The van der Waals surface area contributed by atoms with Crippen molar-refractivity contribution in [3.8, 4) is 5.75 Å². The molecule has 1 aliphatic heterocycles. The number of hydrogen-bond acceptors (Lipinski definition) is 3. The Morgan fingerprint density at radius 1 is 1.25 bits per heavy atom. The van der Waals surface area contributed by atoms with Crippen molar-refractivity contribution in [3.05, 3.63) is 59.7 Å². The Morgan fingerprint density at radius 2 is 2.08 bits per heavy atom. The molecule has 0 aliphatic carbocycles. The second-order valence-corrected chi connectivity index (χ2v) is 6.32. The summed E-state index contributed by atoms with van der Waals surface area (Å²) >= 11 is 0. The predicted molar refractivity (Wildman–Crippen MR) is 96.6 cm³/mol. The van der Waals surface area contributed by atoms with E-state index in [1.54, 1.807) is 0 Å². The summed E-state index contributed by atoms with van der Waals surface area (Å²) in [6.45, 7) is 5.57. The van der Waals surface area contributed by atoms with E-state index >= 15 is 0 Å². The van der Waals surface area contributed by atoms with Gasteiger partial charge in [0.25, 0.3) is 0 Å². The quantitative estimate of drug-likeness (QED) is 0.831. The van der Waals surface area contributed by atoms with Crippen LogP contribution in [-0.2, 0) is 11.2 Å². The van der Waals surface area contributed by atoms with Crippen molar-refractivity contribution in [1.82, 2.24) is 5.32 Å². The molecule has 0 aromatic heterocycles. The normalized spacial score (nSPS) is 15.9. The fraction of sp³-hybridized carbons (Fsp3) is 0.350. The molecule has 1 heterocycles. The molecule has 3 rings (SSSR count). The number of nitrogens with one attached hydrogen (secondary N) is 1. The minimum Gasteiger partial charge on any atom is -0.492 e. The Kier molecular flexibility index (Phi) is 5.04. The number of hydrogen-bond donors (Lipinski definition) is 1. The largest absolute Gasteiger partial charge is 0.492 e. The molecule has 4 nitrogen and oxygen atoms in total. The number of fused-ring (bicyclic) bond motifs is 1. The molecule has 0 saturated heterocycles. The van der Waals surface area contributed by atoms with Gasteiger partial charge in [0.05, 0.1) is 13.1 Å². The van der Waals surface area contributed by atoms with E-state index in [1.165, 1.54) is 16.8 Å². The molecule has 0 saturated carbocycles. The summed E-state index contributed by atoms with van der Waals surface area (Å²) in [5.74, 6) is 0.873. The molecule has 2 aromatic rings. The van der Waals surface area contributed by atoms with E-state index in [9.17, 15) is 4.79 Å². The third-order valence-electron chi connectivity index (χ3n) is 4.34. The third kappa shape index (κ3) is 3.88. The monoisotopic (exact) mass is 324 g/mol. The highest BCUT2D eigenvalue weighted by Gasteiger charge is 2.26. The Morgan fingerprint density at radius 3 is 2.92 bits per heavy atom. The van der Waals surface area contributed by atoms with Gasteiger partial charge in [-0.3, -0.25) is 4.79 Å². The first kappa shape index (κ1) is 16.4. The third-order valence-corrected chi connectivity index (χ3v) is 4.34. The van der Waals surface area contributed by atoms with Crippen molar-refractivity contribution < 1.29 is 9.53 Å². The molecular formula is C20H24N2O2. The average Bonchev–Trinajstić information content (AvgIpc) is 2.88. The Balaban J connectivity index is 1.45. The van der Waals surface area contributed by atoms with Crippen LogP contribution in [0.1, 0.15) is 18.1 Å². The van der Waals surface area contributed by atoms with Crippen molar-refractivity contribution in [2.75, 3.05) is 24.6 Å². The lowest BCUT2D eigenvalue weighted by molar-refractivity contribution is -0.119. The molecule has 1 aliphatic rings. The lowest BCUT2D eigenvalue weighted by atomic mass is 10.1. The number of rotatable bonds is 6. The Bertz CT molecular complexity index is 714. The molecule has 0 spiro atoms. The molecule has 1 atom stereocenters. The van der Waals surface area contributed by atoms with Crippen molar-refractivity contribution in [1.29, 1.82) is 0 Å². The molecule has 0 bridgehead atoms. The number of para-hydroxylation sites is 1. The summed E-state index contributed by atoms with van der Waals surface area (Å²) < 4.78 is 5.66. The van der Waals surface area contributed by atoms with E-state index in [4.69, 9.17) is 4.74 Å². The van der Waals surface area contributed by atoms with E-state index in [2.05, 4.69) is 35.3 Å². The maximum Gasteiger partial charge on any atom is 0.239 e. The molecule has 0 unspecified atom stereocenters. The average molecular weight is 324 g/mol. The molecule has 4 heteroatoms. The highest BCUT2D eigenvalue weighted by atomic mass is 16.5. The lowest BCUT2D eigenvalue weighted by Gasteiger charge is -2.24. The van der Waals surface area contributed by atoms with Gasteiger partial charge < -0.3 is 15.0 Å². The topological polar surface area (TPSA) is 41.6 Å². The molecule has 24 heavy (non-hydrogen) atoms. The number of carbonyl (C=O) groups excluding carboxylic acids is 1. The number of carbonyl (C=O) groups is 1. The Hall–Kier alpha value is -2.49. The van der Waals surface area contributed by atoms with Gasteiger partial charge in [-0.25, -0.2) is 0 Å². The molecule has 1 N–H and O–H groups in total. The highest BCUT2D eigenvalue weighted by Crippen LogP contribution is 2.31. The zero-order valence-electron chi connectivity index (χ0n) is 14.3. The summed E-state index contributed by atoms with van der Waals surface area (Å²) in [6.07, 6.45) is 1.000. The van der Waals surface area contributed by atoms with Crippen molar-refractivity contribution in [2.24, 2.45) is 0 Å². The van der Waals surface area contributed by atoms with E-state index in [-0.39, 0.29) is 5.91 Å². The summed E-state index contributed by atoms with van der Waals surface area (Å²) in [7, 11) is 0. The van der Waals surface area contributed by atoms with Gasteiger partial charge in [-0.1, -0.05) is 30.3 Å². The van der Waals surface area contributed by atoms with E-state index in [0.717, 1.165) is 12.2 Å². The maximum absolute atomic E-state index is 12.2. The maximum atomic E-state index is 12.2. The van der Waals surface area contributed by atoms with Crippen LogP contribution < -0.4 is 15.0 Å². The van der Waals surface area contributed by atoms with Gasteiger partial charge in [0.1, 0.15) is 12.4 Å². The van der Waals surface area contributed by atoms with Gasteiger partial charge >= 0.3 is 0 Å². The molecular weight excluding hydrogens is 300 g/mol. The fourth-order valence-electron chi connectivity index (χ4n) is 3.15. The van der Waals surface area contributed by atoms with Crippen molar-refractivity contribution >= 4 is 11.6 Å². The zero-order chi connectivity index (χ0) is 16.9. The first-order valence-corrected chi connectivity index (χ1v) is 8.44. The molecule has 0 fully saturated rings. The number of ether oxygens (including phenoxy) is 1. The first-order valence-electron chi connectivity index (χ1n) is 8.44. The van der Waals surface area contributed by atoms with Crippen LogP contribution in [0.4, 0.5) is 5.69 Å². The van der Waals surface area contributed by atoms with Crippen LogP contribution in [0.25, 0.3) is 0 Å². The molecule has 2 aromatic carbocycles. The number of nitrogens with zero attached hydrogens (tertiary/aromatic N) is 1. The fourth-order valence-corrected chi connectivity index (χ4v) is 3.15. The van der Waals surface area contributed by atoms with Gasteiger partial charge in [0, 0.05) is 11.7 Å². The predicted octanol–water partition coefficient (Wildman–Crippen LogP) is 2.94. The second kappa shape index (κ2) is 7.39. The van der Waals surface area contributed by atoms with Crippen LogP contribution >= 0.6 is 0 Å². The number of anilines is 1. The minimum atomic E-state index is 0.0337. The minimum absolute atomic E-state index is 0.0337. The zero-order valence-corrected chi connectivity index (χ0v) is 14.3. The SMILES string of the molecule is Cc1cccc(OCCNC(=O)CN2c3ccccc3C[C@@H]2C)c1. The van der Waals surface area contributed by atoms with Gasteiger partial charge in [-0.15, -0.1) is 0 Å². The highest BCUT2D eigenvalue weighted by molar-refractivity contribution is 5.82. The van der Waals surface area contributed by atoms with E-state index in [1.807, 2.05) is 37.3 Å². The van der Waals surface area contributed by atoms with Crippen LogP contribution in [0, 0.1) is 6.92 Å². The number of aryl methyl sites for hydroxylation is 1. The van der Waals surface area contributed by atoms with Gasteiger partial charge in [0.2, 0.25) is 5.91 Å². The summed E-state index contributed by atoms with van der Waals surface area (Å²) in [5.41, 5.74) is 3.66. The van der Waals surface area contributed by atoms with Crippen LogP contribution in [0.3, 0.4) is 0 Å². The lowest BCUT2D eigenvalue weighted by Crippen LogP contribution is -2.41. The first-order chi connectivity index (χ1) is 11.6. The van der Waals surface area contributed by atoms with Gasteiger partial charge in [0.15, 0.2) is 0 Å². The van der Waals surface area contributed by atoms with Crippen LogP contribution in [0.15, 0.2) is 48.5 Å². The standard InChI is InChI=1S/C20H24N2O2/c1-15-6-5-8-18(12-15)24-11-10-21-20(23)14-22-16(2)13-17-7-3-4-9-19(17)22/h3-9,12,16H,10-11,13-14H2,1-2H3,(H,21,23)/t16-/m0/s1. The van der Waals surface area contributed by atoms with Gasteiger partial charge in [-0.2, -0.15) is 0 Å². The van der Waals surface area contributed by atoms with Crippen LogP contribution in [-0.4, -0.2) is 31.6 Å². The Labute approximate surface area is 143 Å². The van der Waals surface area contributed by atoms with Crippen molar-refractivity contribution in [3.63, 3.8) is 0 Å². The van der Waals surface area contributed by atoms with E-state index in [0.29, 0.717) is 25.7 Å². The molecule has 0 radical (unpaired) electrons.